The molecule has 0 bridgehead atoms. The molecule has 3 aliphatic rings. The summed E-state index contributed by atoms with van der Waals surface area (Å²) in [6.45, 7) is 5.80. The molecule has 0 unspecified atom stereocenters. The quantitative estimate of drug-likeness (QED) is 0.838. The van der Waals surface area contributed by atoms with Crippen molar-refractivity contribution < 1.29 is 9.59 Å². The number of urea groups is 1. The summed E-state index contributed by atoms with van der Waals surface area (Å²) in [4.78, 5) is 34.8. The Morgan fingerprint density at radius 1 is 1.03 bits per heavy atom. The van der Waals surface area contributed by atoms with Gasteiger partial charge in [-0.15, -0.1) is 0 Å². The lowest BCUT2D eigenvalue weighted by Gasteiger charge is -2.38. The molecule has 8 nitrogen and oxygen atoms in total. The van der Waals surface area contributed by atoms with E-state index in [1.54, 1.807) is 4.90 Å². The van der Waals surface area contributed by atoms with E-state index in [0.717, 1.165) is 43.3 Å². The van der Waals surface area contributed by atoms with E-state index in [1.165, 1.54) is 38.6 Å². The second-order valence-corrected chi connectivity index (χ2v) is 8.75. The number of nitrogens with zero attached hydrogens (tertiary/aromatic N) is 5. The van der Waals surface area contributed by atoms with E-state index in [0.29, 0.717) is 18.9 Å². The first-order valence-electron chi connectivity index (χ1n) is 11.2. The summed E-state index contributed by atoms with van der Waals surface area (Å²) in [6, 6.07) is 3.74. The smallest absolute Gasteiger partial charge is 0.330 e. The number of fused-ring (bicyclic) bond motifs is 1. The minimum absolute atomic E-state index is 0.233. The fraction of sp³-hybridized carbons (Fsp3) is 0.591. The second-order valence-electron chi connectivity index (χ2n) is 8.75. The first-order chi connectivity index (χ1) is 14.7. The zero-order chi connectivity index (χ0) is 20.5. The van der Waals surface area contributed by atoms with Crippen molar-refractivity contribution in [2.24, 2.45) is 5.92 Å². The molecule has 1 saturated carbocycles. The SMILES string of the molecule is O=C1CCN(c2ncc3c(N4CCN(CC5CCCCC5)CC4)cccn23)C(=O)N1. The van der Waals surface area contributed by atoms with E-state index >= 15 is 0 Å². The fourth-order valence-electron chi connectivity index (χ4n) is 5.12. The molecule has 0 radical (unpaired) electrons. The highest BCUT2D eigenvalue weighted by Crippen LogP contribution is 2.28. The van der Waals surface area contributed by atoms with Crippen LogP contribution >= 0.6 is 0 Å². The molecule has 30 heavy (non-hydrogen) atoms. The lowest BCUT2D eigenvalue weighted by atomic mass is 9.89. The maximum Gasteiger partial charge on any atom is 0.330 e. The summed E-state index contributed by atoms with van der Waals surface area (Å²) in [7, 11) is 0. The van der Waals surface area contributed by atoms with Gasteiger partial charge in [0.05, 0.1) is 17.4 Å². The Morgan fingerprint density at radius 2 is 1.83 bits per heavy atom. The number of hydrogen-bond donors (Lipinski definition) is 1. The van der Waals surface area contributed by atoms with Crippen molar-refractivity contribution in [1.82, 2.24) is 19.6 Å². The van der Waals surface area contributed by atoms with Gasteiger partial charge in [0.1, 0.15) is 0 Å². The highest BCUT2D eigenvalue weighted by molar-refractivity contribution is 6.05. The van der Waals surface area contributed by atoms with Crippen LogP contribution in [0.2, 0.25) is 0 Å². The molecule has 160 valence electrons. The van der Waals surface area contributed by atoms with E-state index in [9.17, 15) is 9.59 Å². The number of aromatic nitrogens is 2. The summed E-state index contributed by atoms with van der Waals surface area (Å²) >= 11 is 0. The summed E-state index contributed by atoms with van der Waals surface area (Å²) in [5.74, 6) is 1.21. The van der Waals surface area contributed by atoms with Crippen molar-refractivity contribution in [3.63, 3.8) is 0 Å². The first-order valence-corrected chi connectivity index (χ1v) is 11.2. The van der Waals surface area contributed by atoms with E-state index in [-0.39, 0.29) is 5.91 Å². The average molecular weight is 411 g/mol. The van der Waals surface area contributed by atoms with E-state index < -0.39 is 6.03 Å². The Kier molecular flexibility index (Phi) is 5.33. The molecule has 5 rings (SSSR count). The van der Waals surface area contributed by atoms with Gasteiger partial charge in [0.2, 0.25) is 11.9 Å². The number of pyridine rings is 1. The van der Waals surface area contributed by atoms with E-state index in [1.807, 2.05) is 22.9 Å². The molecule has 3 amide bonds. The Balaban J connectivity index is 1.29. The lowest BCUT2D eigenvalue weighted by molar-refractivity contribution is -0.120. The van der Waals surface area contributed by atoms with Crippen LogP contribution in [0.15, 0.2) is 24.5 Å². The van der Waals surface area contributed by atoms with Crippen LogP contribution in [0.3, 0.4) is 0 Å². The van der Waals surface area contributed by atoms with Gasteiger partial charge in [0, 0.05) is 51.9 Å². The molecule has 1 N–H and O–H groups in total. The van der Waals surface area contributed by atoms with Gasteiger partial charge < -0.3 is 4.90 Å². The molecule has 2 aromatic rings. The predicted octanol–water partition coefficient (Wildman–Crippen LogP) is 2.48. The zero-order valence-corrected chi connectivity index (χ0v) is 17.4. The van der Waals surface area contributed by atoms with Crippen LogP contribution in [0, 0.1) is 5.92 Å². The Morgan fingerprint density at radius 3 is 2.60 bits per heavy atom. The zero-order valence-electron chi connectivity index (χ0n) is 17.4. The molecule has 0 aromatic carbocycles. The normalized spacial score (nSPS) is 22.0. The summed E-state index contributed by atoms with van der Waals surface area (Å²) in [6.07, 6.45) is 11.1. The van der Waals surface area contributed by atoms with Crippen molar-refractivity contribution in [3.8, 4) is 0 Å². The molecule has 4 heterocycles. The van der Waals surface area contributed by atoms with Gasteiger partial charge in [-0.1, -0.05) is 19.3 Å². The van der Waals surface area contributed by atoms with Gasteiger partial charge in [-0.2, -0.15) is 0 Å². The van der Waals surface area contributed by atoms with E-state index in [4.69, 9.17) is 0 Å². The van der Waals surface area contributed by atoms with Gasteiger partial charge in [0.15, 0.2) is 0 Å². The molecule has 3 fully saturated rings. The van der Waals surface area contributed by atoms with Crippen LogP contribution in [-0.4, -0.2) is 65.5 Å². The summed E-state index contributed by atoms with van der Waals surface area (Å²) in [5, 5.41) is 2.38. The third kappa shape index (κ3) is 3.76. The van der Waals surface area contributed by atoms with Gasteiger partial charge in [-0.05, 0) is 30.9 Å². The molecule has 0 spiro atoms. The van der Waals surface area contributed by atoms with E-state index in [2.05, 4.69) is 26.2 Å². The van der Waals surface area contributed by atoms with Gasteiger partial charge >= 0.3 is 6.03 Å². The highest BCUT2D eigenvalue weighted by Gasteiger charge is 2.28. The average Bonchev–Trinajstić information content (AvgIpc) is 3.19. The maximum absolute atomic E-state index is 12.3. The van der Waals surface area contributed by atoms with Crippen LogP contribution in [0.1, 0.15) is 38.5 Å². The van der Waals surface area contributed by atoms with Crippen molar-refractivity contribution in [1.29, 1.82) is 0 Å². The number of anilines is 2. The Bertz CT molecular complexity index is 927. The first kappa shape index (κ1) is 19.4. The van der Waals surface area contributed by atoms with Crippen LogP contribution in [0.5, 0.6) is 0 Å². The number of carbonyl (C=O) groups excluding carboxylic acids is 2. The number of hydrogen-bond acceptors (Lipinski definition) is 5. The number of carbonyl (C=O) groups is 2. The molecular formula is C22H30N6O2. The minimum Gasteiger partial charge on any atom is -0.367 e. The maximum atomic E-state index is 12.3. The highest BCUT2D eigenvalue weighted by atomic mass is 16.2. The molecular weight excluding hydrogens is 380 g/mol. The lowest BCUT2D eigenvalue weighted by Crippen LogP contribution is -2.50. The van der Waals surface area contributed by atoms with Crippen molar-refractivity contribution in [2.45, 2.75) is 38.5 Å². The van der Waals surface area contributed by atoms with Crippen molar-refractivity contribution >= 4 is 29.1 Å². The number of imide groups is 1. The number of imidazole rings is 1. The Labute approximate surface area is 176 Å². The molecule has 1 aliphatic carbocycles. The molecule has 0 atom stereocenters. The van der Waals surface area contributed by atoms with Gasteiger partial charge in [-0.25, -0.2) is 9.78 Å². The number of piperazine rings is 1. The van der Waals surface area contributed by atoms with Crippen LogP contribution in [-0.2, 0) is 4.79 Å². The third-order valence-electron chi connectivity index (χ3n) is 6.78. The van der Waals surface area contributed by atoms with Crippen LogP contribution < -0.4 is 15.1 Å². The minimum atomic E-state index is -0.402. The topological polar surface area (TPSA) is 73.2 Å². The third-order valence-corrected chi connectivity index (χ3v) is 6.78. The van der Waals surface area contributed by atoms with Crippen LogP contribution in [0.25, 0.3) is 5.52 Å². The molecule has 2 aromatic heterocycles. The van der Waals surface area contributed by atoms with Gasteiger partial charge in [-0.3, -0.25) is 24.3 Å². The molecule has 2 saturated heterocycles. The number of amides is 3. The Hall–Kier alpha value is -2.61. The summed E-state index contributed by atoms with van der Waals surface area (Å²) in [5.41, 5.74) is 2.15. The fourth-order valence-corrected chi connectivity index (χ4v) is 5.12. The monoisotopic (exact) mass is 410 g/mol. The van der Waals surface area contributed by atoms with Gasteiger partial charge in [0.25, 0.3) is 0 Å². The largest absolute Gasteiger partial charge is 0.367 e. The van der Waals surface area contributed by atoms with Crippen molar-refractivity contribution in [2.75, 3.05) is 49.1 Å². The summed E-state index contributed by atoms with van der Waals surface area (Å²) < 4.78 is 1.96. The number of nitrogens with one attached hydrogen (secondary N) is 1. The van der Waals surface area contributed by atoms with Crippen molar-refractivity contribution in [3.05, 3.63) is 24.5 Å². The number of rotatable bonds is 4. The predicted molar refractivity (Wildman–Crippen MR) is 116 cm³/mol. The molecule has 2 aliphatic heterocycles. The standard InChI is InChI=1S/C22H30N6O2/c29-20-8-10-28(22(30)24-20)21-23-15-19-18(7-4-9-27(19)21)26-13-11-25(12-14-26)16-17-5-2-1-3-6-17/h4,7,9,15,17H,1-3,5-6,8,10-14,16H2,(H,24,29,30). The second kappa shape index (κ2) is 8.26. The van der Waals surface area contributed by atoms with Crippen LogP contribution in [0.4, 0.5) is 16.4 Å². The molecule has 8 heteroatoms.